The minimum absolute atomic E-state index is 0.138. The molecule has 0 aromatic carbocycles. The molecule has 8 nitrogen and oxygen atoms in total. The first-order chi connectivity index (χ1) is 11.6. The van der Waals surface area contributed by atoms with Gasteiger partial charge in [0.2, 0.25) is 0 Å². The molecule has 0 aliphatic rings. The Hall–Kier alpha value is -2.24. The summed E-state index contributed by atoms with van der Waals surface area (Å²) < 4.78 is 74.6. The van der Waals surface area contributed by atoms with Crippen molar-refractivity contribution in [1.82, 2.24) is 4.57 Å². The van der Waals surface area contributed by atoms with Crippen LogP contribution in [0.1, 0.15) is 43.7 Å². The lowest BCUT2D eigenvalue weighted by molar-refractivity contribution is -0.0500. The molecule has 0 atom stereocenters. The lowest BCUT2D eigenvalue weighted by atomic mass is 10.2. The summed E-state index contributed by atoms with van der Waals surface area (Å²) in [6, 6.07) is 0. The van der Waals surface area contributed by atoms with Gasteiger partial charge in [0.15, 0.2) is 5.75 Å². The molecule has 0 radical (unpaired) electrons. The highest BCUT2D eigenvalue weighted by molar-refractivity contribution is 7.88. The normalized spacial score (nSPS) is 12.6. The fraction of sp³-hybridized carbons (Fsp3) is 0.571. The van der Waals surface area contributed by atoms with Gasteiger partial charge in [-0.05, 0) is 34.6 Å². The molecule has 0 saturated carbocycles. The molecule has 0 N–H and O–H groups in total. The molecule has 0 amide bonds. The molecule has 0 aliphatic heterocycles. The monoisotopic (exact) mass is 401 g/mol. The molecule has 26 heavy (non-hydrogen) atoms. The van der Waals surface area contributed by atoms with Gasteiger partial charge < -0.3 is 13.7 Å². The number of alkyl halides is 3. The van der Waals surface area contributed by atoms with Crippen molar-refractivity contribution in [2.75, 3.05) is 6.61 Å². The first-order valence-electron chi connectivity index (χ1n) is 7.24. The maximum absolute atomic E-state index is 12.6. The van der Waals surface area contributed by atoms with Gasteiger partial charge in [0, 0.05) is 5.69 Å². The van der Waals surface area contributed by atoms with Crippen LogP contribution in [0, 0.1) is 6.92 Å². The number of hydrogen-bond donors (Lipinski definition) is 0. The third-order valence-electron chi connectivity index (χ3n) is 2.77. The van der Waals surface area contributed by atoms with E-state index in [1.165, 1.54) is 13.8 Å². The van der Waals surface area contributed by atoms with E-state index in [0.29, 0.717) is 10.8 Å². The maximum atomic E-state index is 12.6. The van der Waals surface area contributed by atoms with Crippen molar-refractivity contribution < 1.29 is 44.8 Å². The highest BCUT2D eigenvalue weighted by Gasteiger charge is 2.49. The van der Waals surface area contributed by atoms with Crippen LogP contribution in [-0.2, 0) is 19.6 Å². The van der Waals surface area contributed by atoms with E-state index in [0.717, 1.165) is 0 Å². The van der Waals surface area contributed by atoms with E-state index < -0.39 is 44.6 Å². The predicted molar refractivity (Wildman–Crippen MR) is 82.4 cm³/mol. The summed E-state index contributed by atoms with van der Waals surface area (Å²) in [5.41, 5.74) is -7.51. The number of rotatable bonds is 4. The number of ether oxygens (including phenoxy) is 2. The molecule has 0 aliphatic carbocycles. The van der Waals surface area contributed by atoms with Crippen LogP contribution >= 0.6 is 0 Å². The summed E-state index contributed by atoms with van der Waals surface area (Å²) >= 11 is 0. The Morgan fingerprint density at radius 3 is 2.15 bits per heavy atom. The number of hydrogen-bond acceptors (Lipinski definition) is 7. The van der Waals surface area contributed by atoms with E-state index in [2.05, 4.69) is 8.92 Å². The Morgan fingerprint density at radius 2 is 1.73 bits per heavy atom. The van der Waals surface area contributed by atoms with Crippen LogP contribution in [0.15, 0.2) is 6.20 Å². The summed E-state index contributed by atoms with van der Waals surface area (Å²) in [4.78, 5) is 24.2. The van der Waals surface area contributed by atoms with Crippen LogP contribution in [0.2, 0.25) is 0 Å². The van der Waals surface area contributed by atoms with Crippen molar-refractivity contribution in [3.63, 3.8) is 0 Å². The summed E-state index contributed by atoms with van der Waals surface area (Å²) in [6.07, 6.45) is -0.418. The van der Waals surface area contributed by atoms with Gasteiger partial charge in [-0.25, -0.2) is 9.59 Å². The summed E-state index contributed by atoms with van der Waals surface area (Å²) in [7, 11) is -6.06. The van der Waals surface area contributed by atoms with Crippen LogP contribution < -0.4 is 4.18 Å². The van der Waals surface area contributed by atoms with Gasteiger partial charge in [0.1, 0.15) is 11.2 Å². The van der Waals surface area contributed by atoms with Crippen LogP contribution in [0.5, 0.6) is 5.75 Å². The van der Waals surface area contributed by atoms with E-state index in [1.807, 2.05) is 0 Å². The molecule has 148 valence electrons. The molecule has 1 heterocycles. The molecule has 1 aromatic heterocycles. The van der Waals surface area contributed by atoms with Gasteiger partial charge in [-0.2, -0.15) is 21.6 Å². The molecule has 0 unspecified atom stereocenters. The maximum Gasteiger partial charge on any atom is 0.534 e. The van der Waals surface area contributed by atoms with E-state index in [4.69, 9.17) is 4.74 Å². The van der Waals surface area contributed by atoms with Crippen molar-refractivity contribution in [1.29, 1.82) is 0 Å². The van der Waals surface area contributed by atoms with Gasteiger partial charge >= 0.3 is 27.7 Å². The van der Waals surface area contributed by atoms with Crippen molar-refractivity contribution >= 4 is 22.2 Å². The zero-order valence-corrected chi connectivity index (χ0v) is 15.4. The van der Waals surface area contributed by atoms with Gasteiger partial charge in [-0.15, -0.1) is 0 Å². The minimum atomic E-state index is -6.06. The lowest BCUT2D eigenvalue weighted by Crippen LogP contribution is -2.28. The smallest absolute Gasteiger partial charge is 0.462 e. The molecular formula is C14H18F3NO7S. The highest BCUT2D eigenvalue weighted by Crippen LogP contribution is 2.32. The molecule has 0 bridgehead atoms. The van der Waals surface area contributed by atoms with E-state index >= 15 is 0 Å². The number of carbonyl (C=O) groups excluding carboxylic acids is 2. The van der Waals surface area contributed by atoms with Crippen LogP contribution in [0.4, 0.5) is 18.0 Å². The first-order valence-corrected chi connectivity index (χ1v) is 8.64. The van der Waals surface area contributed by atoms with Crippen molar-refractivity contribution in [2.24, 2.45) is 0 Å². The second-order valence-electron chi connectivity index (χ2n) is 6.01. The number of esters is 1. The van der Waals surface area contributed by atoms with Gasteiger partial charge in [-0.1, -0.05) is 0 Å². The summed E-state index contributed by atoms with van der Waals surface area (Å²) in [6.45, 7) is 7.13. The highest BCUT2D eigenvalue weighted by atomic mass is 32.2. The zero-order valence-electron chi connectivity index (χ0n) is 14.6. The number of aromatic nitrogens is 1. The first kappa shape index (κ1) is 21.8. The van der Waals surface area contributed by atoms with E-state index in [1.54, 1.807) is 20.8 Å². The van der Waals surface area contributed by atoms with Crippen molar-refractivity contribution in [2.45, 2.75) is 45.7 Å². The van der Waals surface area contributed by atoms with E-state index in [9.17, 15) is 31.2 Å². The van der Waals surface area contributed by atoms with Gasteiger partial charge in [0.25, 0.3) is 0 Å². The third kappa shape index (κ3) is 4.90. The molecule has 0 saturated heterocycles. The van der Waals surface area contributed by atoms with Crippen molar-refractivity contribution in [3.8, 4) is 5.75 Å². The molecule has 12 heteroatoms. The third-order valence-corrected chi connectivity index (χ3v) is 3.73. The predicted octanol–water partition coefficient (Wildman–Crippen LogP) is 2.98. The number of carbonyl (C=O) groups is 2. The topological polar surface area (TPSA) is 101 Å². The summed E-state index contributed by atoms with van der Waals surface area (Å²) in [5, 5.41) is 0. The van der Waals surface area contributed by atoms with Crippen LogP contribution in [0.3, 0.4) is 0 Å². The van der Waals surface area contributed by atoms with Crippen LogP contribution in [0.25, 0.3) is 0 Å². The number of halogens is 3. The molecule has 0 fully saturated rings. The minimum Gasteiger partial charge on any atom is -0.462 e. The average Bonchev–Trinajstić information content (AvgIpc) is 2.72. The molecule has 1 rings (SSSR count). The quantitative estimate of drug-likeness (QED) is 0.434. The Morgan fingerprint density at radius 1 is 1.19 bits per heavy atom. The second-order valence-corrected chi connectivity index (χ2v) is 7.55. The average molecular weight is 401 g/mol. The standard InChI is InChI=1S/C14H18F3NO7S/c1-6-23-11(19)10-8(2)18(12(20)24-13(3,4)5)7-9(10)25-26(21,22)14(15,16)17/h7H,6H2,1-5H3. The van der Waals surface area contributed by atoms with E-state index in [-0.39, 0.29) is 12.3 Å². The Balaban J connectivity index is 3.47. The molecular weight excluding hydrogens is 383 g/mol. The molecule has 1 aromatic rings. The largest absolute Gasteiger partial charge is 0.534 e. The fourth-order valence-corrected chi connectivity index (χ4v) is 2.22. The number of nitrogens with zero attached hydrogens (tertiary/aromatic N) is 1. The van der Waals surface area contributed by atoms with Crippen molar-refractivity contribution in [3.05, 3.63) is 17.5 Å². The SMILES string of the molecule is CCOC(=O)c1c(OS(=O)(=O)C(F)(F)F)cn(C(=O)OC(C)(C)C)c1C. The van der Waals surface area contributed by atoms with Gasteiger partial charge in [0.05, 0.1) is 12.8 Å². The molecule has 0 spiro atoms. The Labute approximate surface area is 147 Å². The second kappa shape index (κ2) is 7.17. The Bertz CT molecular complexity index is 804. The lowest BCUT2D eigenvalue weighted by Gasteiger charge is -2.20. The zero-order chi connectivity index (χ0) is 20.5. The fourth-order valence-electron chi connectivity index (χ4n) is 1.76. The van der Waals surface area contributed by atoms with Gasteiger partial charge in [-0.3, -0.25) is 4.57 Å². The van der Waals surface area contributed by atoms with Crippen LogP contribution in [-0.4, -0.2) is 42.8 Å². The Kier molecular flexibility index (Phi) is 6.02. The summed E-state index contributed by atoms with van der Waals surface area (Å²) in [5.74, 6) is -2.15.